The van der Waals surface area contributed by atoms with E-state index in [0.717, 1.165) is 5.56 Å². The molecule has 6 heteroatoms. The second-order valence-electron chi connectivity index (χ2n) is 4.22. The van der Waals surface area contributed by atoms with Crippen LogP contribution in [0.1, 0.15) is 11.1 Å². The van der Waals surface area contributed by atoms with Gasteiger partial charge in [0.15, 0.2) is 0 Å². The molecule has 0 atom stereocenters. The number of ether oxygens (including phenoxy) is 1. The van der Waals surface area contributed by atoms with Gasteiger partial charge in [0.25, 0.3) is 0 Å². The van der Waals surface area contributed by atoms with Crippen molar-refractivity contribution in [3.63, 3.8) is 0 Å². The van der Waals surface area contributed by atoms with Gasteiger partial charge in [-0.1, -0.05) is 12.1 Å². The summed E-state index contributed by atoms with van der Waals surface area (Å²) in [5, 5.41) is 19.6. The summed E-state index contributed by atoms with van der Waals surface area (Å²) in [6.45, 7) is 0.362. The van der Waals surface area contributed by atoms with E-state index in [4.69, 9.17) is 15.1 Å². The van der Waals surface area contributed by atoms with E-state index in [1.54, 1.807) is 24.3 Å². The Bertz CT molecular complexity index is 663. The van der Waals surface area contributed by atoms with Gasteiger partial charge in [0.1, 0.15) is 5.75 Å². The standard InChI is InChI=1S/C15H13N3O3/c16-10-12-6-7-17-14(9-12)21-13-3-1-11(2-4-13)5-8-18-15(19)20/h1-4,6-7,9,18H,5,8H2,(H,19,20). The Labute approximate surface area is 121 Å². The van der Waals surface area contributed by atoms with Gasteiger partial charge in [0.05, 0.1) is 11.6 Å². The third-order valence-corrected chi connectivity index (χ3v) is 2.70. The minimum atomic E-state index is -1.03. The van der Waals surface area contributed by atoms with Crippen molar-refractivity contribution in [2.75, 3.05) is 6.54 Å². The van der Waals surface area contributed by atoms with Gasteiger partial charge < -0.3 is 15.2 Å². The number of carbonyl (C=O) groups is 1. The van der Waals surface area contributed by atoms with Gasteiger partial charge in [-0.3, -0.25) is 0 Å². The van der Waals surface area contributed by atoms with Crippen molar-refractivity contribution in [3.8, 4) is 17.7 Å². The lowest BCUT2D eigenvalue weighted by Gasteiger charge is -2.06. The molecule has 0 aliphatic carbocycles. The Balaban J connectivity index is 1.95. The minimum absolute atomic E-state index is 0.356. The van der Waals surface area contributed by atoms with E-state index in [-0.39, 0.29) is 0 Å². The van der Waals surface area contributed by atoms with Crippen LogP contribution in [0.25, 0.3) is 0 Å². The van der Waals surface area contributed by atoms with E-state index in [2.05, 4.69) is 10.3 Å². The second kappa shape index (κ2) is 6.91. The van der Waals surface area contributed by atoms with Crippen LogP contribution >= 0.6 is 0 Å². The van der Waals surface area contributed by atoms with Crippen molar-refractivity contribution in [3.05, 3.63) is 53.7 Å². The van der Waals surface area contributed by atoms with Crippen molar-refractivity contribution >= 4 is 6.09 Å². The molecule has 2 rings (SSSR count). The Hall–Kier alpha value is -3.07. The lowest BCUT2D eigenvalue weighted by Crippen LogP contribution is -2.23. The summed E-state index contributed by atoms with van der Waals surface area (Å²) >= 11 is 0. The molecule has 0 aliphatic rings. The van der Waals surface area contributed by atoms with E-state index >= 15 is 0 Å². The van der Waals surface area contributed by atoms with Crippen LogP contribution in [-0.2, 0) is 6.42 Å². The first-order chi connectivity index (χ1) is 10.2. The zero-order chi connectivity index (χ0) is 15.1. The number of carboxylic acid groups (broad SMARTS) is 1. The normalized spacial score (nSPS) is 9.67. The van der Waals surface area contributed by atoms with Gasteiger partial charge in [-0.2, -0.15) is 5.26 Å². The van der Waals surface area contributed by atoms with Crippen LogP contribution < -0.4 is 10.1 Å². The number of amides is 1. The van der Waals surface area contributed by atoms with Gasteiger partial charge in [0, 0.05) is 18.8 Å². The van der Waals surface area contributed by atoms with Crippen molar-refractivity contribution in [2.45, 2.75) is 6.42 Å². The molecule has 1 aromatic heterocycles. The molecule has 1 heterocycles. The molecule has 0 saturated heterocycles. The average Bonchev–Trinajstić information content (AvgIpc) is 2.49. The molecule has 2 N–H and O–H groups in total. The van der Waals surface area contributed by atoms with Gasteiger partial charge in [-0.25, -0.2) is 9.78 Å². The van der Waals surface area contributed by atoms with Crippen molar-refractivity contribution in [2.24, 2.45) is 0 Å². The molecule has 21 heavy (non-hydrogen) atoms. The molecule has 1 amide bonds. The van der Waals surface area contributed by atoms with Gasteiger partial charge in [-0.15, -0.1) is 0 Å². The summed E-state index contributed by atoms with van der Waals surface area (Å²) < 4.78 is 5.55. The first kappa shape index (κ1) is 14.3. The van der Waals surface area contributed by atoms with E-state index in [1.807, 2.05) is 18.2 Å². The molecule has 2 aromatic rings. The maximum atomic E-state index is 10.3. The zero-order valence-electron chi connectivity index (χ0n) is 11.1. The van der Waals surface area contributed by atoms with E-state index in [0.29, 0.717) is 30.2 Å². The number of pyridine rings is 1. The first-order valence-electron chi connectivity index (χ1n) is 6.27. The lowest BCUT2D eigenvalue weighted by atomic mass is 10.1. The average molecular weight is 283 g/mol. The predicted molar refractivity (Wildman–Crippen MR) is 75.2 cm³/mol. The molecule has 0 aliphatic heterocycles. The highest BCUT2D eigenvalue weighted by atomic mass is 16.5. The smallest absolute Gasteiger partial charge is 0.404 e. The molecule has 6 nitrogen and oxygen atoms in total. The molecule has 0 saturated carbocycles. The largest absolute Gasteiger partial charge is 0.465 e. The SMILES string of the molecule is N#Cc1ccnc(Oc2ccc(CCNC(=O)O)cc2)c1. The van der Waals surface area contributed by atoms with Crippen molar-refractivity contribution < 1.29 is 14.6 Å². The van der Waals surface area contributed by atoms with Crippen molar-refractivity contribution in [1.29, 1.82) is 5.26 Å². The third kappa shape index (κ3) is 4.51. The zero-order valence-corrected chi connectivity index (χ0v) is 11.1. The topological polar surface area (TPSA) is 95.2 Å². The highest BCUT2D eigenvalue weighted by Crippen LogP contribution is 2.20. The molecule has 0 radical (unpaired) electrons. The Morgan fingerprint density at radius 1 is 1.33 bits per heavy atom. The molecule has 0 fully saturated rings. The molecular formula is C15H13N3O3. The van der Waals surface area contributed by atoms with Crippen LogP contribution in [0.4, 0.5) is 4.79 Å². The summed E-state index contributed by atoms with van der Waals surface area (Å²) in [5.41, 5.74) is 1.48. The predicted octanol–water partition coefficient (Wildman–Crippen LogP) is 2.56. The van der Waals surface area contributed by atoms with Crippen molar-refractivity contribution in [1.82, 2.24) is 10.3 Å². The van der Waals surface area contributed by atoms with E-state index in [9.17, 15) is 4.79 Å². The fraction of sp³-hybridized carbons (Fsp3) is 0.133. The van der Waals surface area contributed by atoms with Crippen LogP contribution in [-0.4, -0.2) is 22.7 Å². The Morgan fingerprint density at radius 2 is 2.10 bits per heavy atom. The third-order valence-electron chi connectivity index (χ3n) is 2.70. The quantitative estimate of drug-likeness (QED) is 0.879. The van der Waals surface area contributed by atoms with Crippen LogP contribution in [0.3, 0.4) is 0 Å². The number of nitrogens with one attached hydrogen (secondary N) is 1. The lowest BCUT2D eigenvalue weighted by molar-refractivity contribution is 0.194. The molecule has 106 valence electrons. The fourth-order valence-electron chi connectivity index (χ4n) is 1.69. The molecule has 0 bridgehead atoms. The van der Waals surface area contributed by atoms with Crippen LogP contribution in [0.2, 0.25) is 0 Å². The van der Waals surface area contributed by atoms with Gasteiger partial charge in [-0.05, 0) is 30.2 Å². The van der Waals surface area contributed by atoms with E-state index < -0.39 is 6.09 Å². The Kier molecular flexibility index (Phi) is 4.72. The monoisotopic (exact) mass is 283 g/mol. The maximum Gasteiger partial charge on any atom is 0.404 e. The number of rotatable bonds is 5. The van der Waals surface area contributed by atoms with Gasteiger partial charge >= 0.3 is 6.09 Å². The summed E-state index contributed by atoms with van der Waals surface area (Å²) in [4.78, 5) is 14.4. The molecule has 0 unspecified atom stereocenters. The second-order valence-corrected chi connectivity index (χ2v) is 4.22. The number of hydrogen-bond acceptors (Lipinski definition) is 4. The summed E-state index contributed by atoms with van der Waals surface area (Å²) in [6.07, 6.45) is 1.09. The summed E-state index contributed by atoms with van der Waals surface area (Å²) in [6, 6.07) is 12.4. The minimum Gasteiger partial charge on any atom is -0.465 e. The highest BCUT2D eigenvalue weighted by molar-refractivity contribution is 5.64. The number of hydrogen-bond donors (Lipinski definition) is 2. The number of aromatic nitrogens is 1. The van der Waals surface area contributed by atoms with Crippen LogP contribution in [0.5, 0.6) is 11.6 Å². The van der Waals surface area contributed by atoms with Crippen LogP contribution in [0, 0.1) is 11.3 Å². The number of benzene rings is 1. The number of nitrogens with zero attached hydrogens (tertiary/aromatic N) is 2. The fourth-order valence-corrected chi connectivity index (χ4v) is 1.69. The molecule has 0 spiro atoms. The first-order valence-corrected chi connectivity index (χ1v) is 6.27. The molecule has 1 aromatic carbocycles. The highest BCUT2D eigenvalue weighted by Gasteiger charge is 2.01. The van der Waals surface area contributed by atoms with E-state index in [1.165, 1.54) is 6.20 Å². The Morgan fingerprint density at radius 3 is 2.76 bits per heavy atom. The van der Waals surface area contributed by atoms with Crippen LogP contribution in [0.15, 0.2) is 42.6 Å². The summed E-state index contributed by atoms with van der Waals surface area (Å²) in [7, 11) is 0. The summed E-state index contributed by atoms with van der Waals surface area (Å²) in [5.74, 6) is 0.960. The maximum absolute atomic E-state index is 10.3. The number of nitriles is 1. The molecular weight excluding hydrogens is 270 g/mol. The van der Waals surface area contributed by atoms with Gasteiger partial charge in [0.2, 0.25) is 5.88 Å².